The van der Waals surface area contributed by atoms with Crippen LogP contribution in [0.2, 0.25) is 0 Å². The van der Waals surface area contributed by atoms with Gasteiger partial charge in [-0.25, -0.2) is 0 Å². The van der Waals surface area contributed by atoms with E-state index in [2.05, 4.69) is 117 Å². The lowest BCUT2D eigenvalue weighted by atomic mass is 9.90. The predicted octanol–water partition coefficient (Wildman–Crippen LogP) is 11.5. The molecule has 0 radical (unpaired) electrons. The zero-order chi connectivity index (χ0) is 34.1. The molecule has 2 aliphatic carbocycles. The fraction of sp³-hybridized carbons (Fsp3) is 0.156. The minimum Gasteiger partial charge on any atom is -0.298 e. The van der Waals surface area contributed by atoms with E-state index in [-0.39, 0.29) is 0 Å². The van der Waals surface area contributed by atoms with Gasteiger partial charge in [-0.15, -0.1) is 0 Å². The molecule has 0 amide bonds. The van der Waals surface area contributed by atoms with Gasteiger partial charge in [-0.2, -0.15) is 5.10 Å². The van der Waals surface area contributed by atoms with Crippen LogP contribution in [0.15, 0.2) is 155 Å². The molecule has 1 unspecified atom stereocenters. The van der Waals surface area contributed by atoms with E-state index in [9.17, 15) is 0 Å². The minimum absolute atomic E-state index is 0.518. The van der Waals surface area contributed by atoms with E-state index in [1.165, 1.54) is 33.4 Å². The van der Waals surface area contributed by atoms with Crippen LogP contribution in [-0.2, 0) is 0 Å². The van der Waals surface area contributed by atoms with Crippen LogP contribution >= 0.6 is 0 Å². The van der Waals surface area contributed by atoms with Crippen LogP contribution in [-0.4, -0.2) is 29.6 Å². The Morgan fingerprint density at radius 1 is 0.959 bits per heavy atom. The van der Waals surface area contributed by atoms with Crippen molar-refractivity contribution in [1.29, 1.82) is 0 Å². The normalized spacial score (nSPS) is 16.3. The molecule has 4 aromatic carbocycles. The first kappa shape index (κ1) is 31.8. The Hall–Kier alpha value is -5.74. The zero-order valence-corrected chi connectivity index (χ0v) is 28.7. The van der Waals surface area contributed by atoms with Crippen molar-refractivity contribution in [3.63, 3.8) is 0 Å². The Kier molecular flexibility index (Phi) is 8.71. The number of aryl methyl sites for hydroxylation is 1. The highest BCUT2D eigenvalue weighted by Crippen LogP contribution is 2.46. The third kappa shape index (κ3) is 5.63. The smallest absolute Gasteiger partial charge is 0.217 e. The van der Waals surface area contributed by atoms with Crippen molar-refractivity contribution in [3.05, 3.63) is 167 Å². The van der Waals surface area contributed by atoms with Gasteiger partial charge >= 0.3 is 0 Å². The lowest BCUT2D eigenvalue weighted by Gasteiger charge is -2.26. The number of benzene rings is 4. The summed E-state index contributed by atoms with van der Waals surface area (Å²) in [5, 5.41) is 9.02. The second kappa shape index (κ2) is 13.4. The Morgan fingerprint density at radius 2 is 1.76 bits per heavy atom. The topological polar surface area (TPSA) is 32.9 Å². The van der Waals surface area contributed by atoms with Gasteiger partial charge in [-0.1, -0.05) is 128 Å². The Balaban J connectivity index is 1.46. The van der Waals surface area contributed by atoms with Gasteiger partial charge in [-0.05, 0) is 90.4 Å². The van der Waals surface area contributed by atoms with Crippen LogP contribution in [0.25, 0.3) is 44.6 Å². The summed E-state index contributed by atoms with van der Waals surface area (Å²) in [6.07, 6.45) is 15.4. The lowest BCUT2D eigenvalue weighted by Crippen LogP contribution is -2.24. The van der Waals surface area contributed by atoms with Gasteiger partial charge in [0.1, 0.15) is 0 Å². The maximum absolute atomic E-state index is 4.85. The van der Waals surface area contributed by atoms with Crippen molar-refractivity contribution in [3.8, 4) is 11.1 Å². The highest BCUT2D eigenvalue weighted by molar-refractivity contribution is 6.15. The number of fused-ring (bicyclic) bond motifs is 3. The molecule has 0 bridgehead atoms. The van der Waals surface area contributed by atoms with Crippen LogP contribution in [0.1, 0.15) is 54.7 Å². The number of allylic oxidation sites excluding steroid dienone is 9. The Labute approximate surface area is 289 Å². The molecule has 4 nitrogen and oxygen atoms in total. The predicted molar refractivity (Wildman–Crippen MR) is 211 cm³/mol. The third-order valence-corrected chi connectivity index (χ3v) is 9.78. The van der Waals surface area contributed by atoms with Gasteiger partial charge < -0.3 is 0 Å². The first-order valence-electron chi connectivity index (χ1n) is 17.0. The molecule has 0 spiro atoms. The largest absolute Gasteiger partial charge is 0.298 e. The summed E-state index contributed by atoms with van der Waals surface area (Å²) in [6.45, 7) is 17.1. The number of hydrogen-bond donors (Lipinski definition) is 0. The number of para-hydroxylation sites is 1. The van der Waals surface area contributed by atoms with Gasteiger partial charge in [-0.3, -0.25) is 14.6 Å². The van der Waals surface area contributed by atoms with Crippen LogP contribution in [0, 0.1) is 6.92 Å². The molecule has 0 saturated carbocycles. The van der Waals surface area contributed by atoms with Gasteiger partial charge in [0.25, 0.3) is 0 Å². The molecule has 4 heteroatoms. The van der Waals surface area contributed by atoms with Crippen LogP contribution in [0.3, 0.4) is 0 Å². The number of aromatic nitrogens is 1. The van der Waals surface area contributed by atoms with E-state index in [0.717, 1.165) is 68.9 Å². The number of nitrogens with zero attached hydrogens (tertiary/aromatic N) is 4. The summed E-state index contributed by atoms with van der Waals surface area (Å²) < 4.78 is 2.29. The summed E-state index contributed by atoms with van der Waals surface area (Å²) in [7, 11) is 1.95. The summed E-state index contributed by atoms with van der Waals surface area (Å²) in [5.41, 5.74) is 15.3. The van der Waals surface area contributed by atoms with Gasteiger partial charge in [0.15, 0.2) is 0 Å². The molecule has 0 fully saturated rings. The van der Waals surface area contributed by atoms with Gasteiger partial charge in [0.05, 0.1) is 17.2 Å². The summed E-state index contributed by atoms with van der Waals surface area (Å²) in [5.74, 6) is 0. The second-order valence-corrected chi connectivity index (χ2v) is 12.8. The standard InChI is InChI=1S/C45H42N4/c1-7-16-37(42-31(4)27-33-19-12-13-22-38(33)42)34-20-14-21-35(28-34)39-23-15-24-40-41-26-25-30(3)36(8-2)43(41)49(44(39)40)45(46-5)48(6)47-29-32-17-10-9-11-18-32/h7-11,13-18,20-26,28-29,45H,2,4-5,12,19,27H2,1,3,6H3/b16-7-,42-37-,47-29+. The molecule has 7 rings (SSSR count). The summed E-state index contributed by atoms with van der Waals surface area (Å²) in [4.78, 5) is 4.70. The number of hydrazone groups is 1. The number of hydrogen-bond acceptors (Lipinski definition) is 3. The molecule has 49 heavy (non-hydrogen) atoms. The molecular weight excluding hydrogens is 597 g/mol. The Bertz CT molecular complexity index is 2290. The minimum atomic E-state index is -0.518. The van der Waals surface area contributed by atoms with Crippen LogP contribution in [0.4, 0.5) is 0 Å². The fourth-order valence-electron chi connectivity index (χ4n) is 7.53. The van der Waals surface area contributed by atoms with Crippen molar-refractivity contribution in [2.24, 2.45) is 10.1 Å². The summed E-state index contributed by atoms with van der Waals surface area (Å²) in [6, 6.07) is 30.0. The van der Waals surface area contributed by atoms with Crippen molar-refractivity contribution in [2.75, 3.05) is 7.05 Å². The van der Waals surface area contributed by atoms with E-state index in [1.807, 2.05) is 54.7 Å². The molecule has 5 aromatic rings. The van der Waals surface area contributed by atoms with E-state index < -0.39 is 6.29 Å². The van der Waals surface area contributed by atoms with Crippen molar-refractivity contribution >= 4 is 46.4 Å². The average molecular weight is 639 g/mol. The molecule has 1 heterocycles. The average Bonchev–Trinajstić information content (AvgIpc) is 3.64. The molecule has 1 atom stereocenters. The first-order chi connectivity index (χ1) is 23.9. The first-order valence-corrected chi connectivity index (χ1v) is 17.0. The van der Waals surface area contributed by atoms with E-state index >= 15 is 0 Å². The molecule has 2 aliphatic rings. The molecule has 0 N–H and O–H groups in total. The maximum atomic E-state index is 4.85. The molecule has 0 saturated heterocycles. The Morgan fingerprint density at radius 3 is 2.53 bits per heavy atom. The van der Waals surface area contributed by atoms with Gasteiger partial charge in [0.2, 0.25) is 6.29 Å². The molecular formula is C45H42N4. The van der Waals surface area contributed by atoms with Crippen LogP contribution in [0.5, 0.6) is 0 Å². The lowest BCUT2D eigenvalue weighted by molar-refractivity contribution is 0.205. The molecule has 242 valence electrons. The van der Waals surface area contributed by atoms with E-state index in [4.69, 9.17) is 10.1 Å². The highest BCUT2D eigenvalue weighted by Gasteiger charge is 2.27. The zero-order valence-electron chi connectivity index (χ0n) is 28.7. The molecule has 1 aromatic heterocycles. The summed E-state index contributed by atoms with van der Waals surface area (Å²) >= 11 is 0. The monoisotopic (exact) mass is 638 g/mol. The third-order valence-electron chi connectivity index (χ3n) is 9.78. The van der Waals surface area contributed by atoms with Crippen molar-refractivity contribution < 1.29 is 0 Å². The second-order valence-electron chi connectivity index (χ2n) is 12.8. The SMILES string of the molecule is C=Cc1c(C)ccc2c3cccc(-c4cccc(C(/C=C\C)=C5/C(=C)CC6=C5C=CCC6)c4)c3n(C(N=C)N(C)/N=C/c3ccccc3)c12. The van der Waals surface area contributed by atoms with Crippen LogP contribution < -0.4 is 0 Å². The van der Waals surface area contributed by atoms with Gasteiger partial charge in [0, 0.05) is 28.9 Å². The molecule has 0 aliphatic heterocycles. The van der Waals surface area contributed by atoms with E-state index in [1.54, 1.807) is 0 Å². The van der Waals surface area contributed by atoms with E-state index in [0.29, 0.717) is 0 Å². The fourth-order valence-corrected chi connectivity index (χ4v) is 7.53. The maximum Gasteiger partial charge on any atom is 0.217 e. The number of rotatable bonds is 9. The van der Waals surface area contributed by atoms with Crippen molar-refractivity contribution in [1.82, 2.24) is 9.58 Å². The highest BCUT2D eigenvalue weighted by atomic mass is 15.5. The quantitative estimate of drug-likeness (QED) is 0.117. The van der Waals surface area contributed by atoms with Crippen molar-refractivity contribution in [2.45, 2.75) is 39.4 Å². The number of aliphatic imine (C=N–C) groups is 1.